The van der Waals surface area contributed by atoms with Gasteiger partial charge in [-0.3, -0.25) is 0 Å². The Kier molecular flexibility index (Phi) is 6.71. The molecule has 0 saturated heterocycles. The number of carbonyl (C=O) groups excluding carboxylic acids is 1. The summed E-state index contributed by atoms with van der Waals surface area (Å²) >= 11 is 2.31. The Balaban J connectivity index is 1.84. The molecule has 1 atom stereocenters. The lowest BCUT2D eigenvalue weighted by atomic mass is 10.1. The maximum atomic E-state index is 11.9. The molecule has 116 valence electrons. The van der Waals surface area contributed by atoms with Gasteiger partial charge in [-0.2, -0.15) is 0 Å². The molecule has 1 N–H and O–H groups in total. The topological polar surface area (TPSA) is 38.3 Å². The van der Waals surface area contributed by atoms with Gasteiger partial charge in [0.15, 0.2) is 0 Å². The van der Waals surface area contributed by atoms with E-state index in [0.29, 0.717) is 6.54 Å². The van der Waals surface area contributed by atoms with Gasteiger partial charge in [-0.1, -0.05) is 55.5 Å². The van der Waals surface area contributed by atoms with Gasteiger partial charge in [-0.25, -0.2) is 4.79 Å². The van der Waals surface area contributed by atoms with Crippen LogP contribution in [0.3, 0.4) is 0 Å². The molecule has 0 aliphatic heterocycles. The zero-order valence-electron chi connectivity index (χ0n) is 12.6. The fourth-order valence-corrected chi connectivity index (χ4v) is 2.75. The minimum Gasteiger partial charge on any atom is -0.446 e. The van der Waals surface area contributed by atoms with E-state index in [1.807, 2.05) is 49.4 Å². The Bertz CT molecular complexity index is 601. The molecule has 2 aromatic rings. The normalized spacial score (nSPS) is 11.7. The fraction of sp³-hybridized carbons (Fsp3) is 0.278. The zero-order chi connectivity index (χ0) is 15.8. The highest BCUT2D eigenvalue weighted by Crippen LogP contribution is 2.16. The molecular formula is C18H20INO2. The van der Waals surface area contributed by atoms with Crippen molar-refractivity contribution < 1.29 is 9.53 Å². The second kappa shape index (κ2) is 8.78. The molecular weight excluding hydrogens is 389 g/mol. The highest BCUT2D eigenvalue weighted by atomic mass is 127. The molecule has 0 saturated carbocycles. The Hall–Kier alpha value is -1.56. The summed E-state index contributed by atoms with van der Waals surface area (Å²) in [5.74, 6) is 0. The van der Waals surface area contributed by atoms with Crippen LogP contribution in [-0.2, 0) is 17.7 Å². The molecule has 4 heteroatoms. The number of amides is 1. The Morgan fingerprint density at radius 3 is 2.50 bits per heavy atom. The van der Waals surface area contributed by atoms with Gasteiger partial charge < -0.3 is 10.1 Å². The van der Waals surface area contributed by atoms with Gasteiger partial charge in [0.05, 0.1) is 0 Å². The van der Waals surface area contributed by atoms with Gasteiger partial charge in [-0.05, 0) is 46.2 Å². The van der Waals surface area contributed by atoms with Crippen LogP contribution < -0.4 is 5.32 Å². The van der Waals surface area contributed by atoms with E-state index in [9.17, 15) is 4.79 Å². The summed E-state index contributed by atoms with van der Waals surface area (Å²) in [6.07, 6.45) is 1.08. The third kappa shape index (κ3) is 5.33. The first-order valence-electron chi connectivity index (χ1n) is 7.41. The van der Waals surface area contributed by atoms with Crippen LogP contribution in [0.1, 0.15) is 24.5 Å². The predicted octanol–water partition coefficient (Wildman–Crippen LogP) is 4.54. The average molecular weight is 409 g/mol. The second-order valence-electron chi connectivity index (χ2n) is 5.07. The van der Waals surface area contributed by atoms with E-state index in [1.165, 1.54) is 9.13 Å². The first kappa shape index (κ1) is 16.8. The molecule has 1 amide bonds. The van der Waals surface area contributed by atoms with Crippen molar-refractivity contribution in [3.63, 3.8) is 0 Å². The van der Waals surface area contributed by atoms with Crippen molar-refractivity contribution in [3.05, 3.63) is 69.3 Å². The van der Waals surface area contributed by atoms with Crippen molar-refractivity contribution >= 4 is 28.7 Å². The van der Waals surface area contributed by atoms with E-state index in [-0.39, 0.29) is 12.2 Å². The van der Waals surface area contributed by atoms with Gasteiger partial charge >= 0.3 is 6.09 Å². The van der Waals surface area contributed by atoms with Crippen molar-refractivity contribution in [1.29, 1.82) is 0 Å². The number of hydrogen-bond acceptors (Lipinski definition) is 2. The maximum absolute atomic E-state index is 11.9. The number of halogens is 1. The fourth-order valence-electron chi connectivity index (χ4n) is 2.14. The number of hydrogen-bond donors (Lipinski definition) is 1. The number of alkyl carbamates (subject to hydrolysis) is 1. The van der Waals surface area contributed by atoms with Crippen LogP contribution in [0.15, 0.2) is 54.6 Å². The summed E-state index contributed by atoms with van der Waals surface area (Å²) in [5.41, 5.74) is 2.27. The average Bonchev–Trinajstić information content (AvgIpc) is 2.55. The summed E-state index contributed by atoms with van der Waals surface area (Å²) in [6.45, 7) is 2.52. The lowest BCUT2D eigenvalue weighted by Crippen LogP contribution is -2.29. The summed E-state index contributed by atoms with van der Waals surface area (Å²) in [5, 5.41) is 2.80. The minimum absolute atomic E-state index is 0.105. The molecule has 0 aliphatic carbocycles. The molecule has 3 nitrogen and oxygen atoms in total. The molecule has 22 heavy (non-hydrogen) atoms. The van der Waals surface area contributed by atoms with Crippen LogP contribution in [0, 0.1) is 3.57 Å². The third-order valence-electron chi connectivity index (χ3n) is 3.41. The third-order valence-corrected chi connectivity index (χ3v) is 4.47. The van der Waals surface area contributed by atoms with E-state index in [4.69, 9.17) is 4.74 Å². The van der Waals surface area contributed by atoms with Gasteiger partial charge in [0, 0.05) is 16.5 Å². The van der Waals surface area contributed by atoms with E-state index in [1.54, 1.807) is 0 Å². The molecule has 0 radical (unpaired) electrons. The van der Waals surface area contributed by atoms with Crippen molar-refractivity contribution in [2.45, 2.75) is 32.4 Å². The van der Waals surface area contributed by atoms with Crippen molar-refractivity contribution in [1.82, 2.24) is 5.32 Å². The first-order chi connectivity index (χ1) is 10.7. The molecule has 0 spiro atoms. The van der Waals surface area contributed by atoms with Crippen LogP contribution in [0.4, 0.5) is 4.79 Å². The number of benzene rings is 2. The van der Waals surface area contributed by atoms with E-state index in [2.05, 4.69) is 40.0 Å². The van der Waals surface area contributed by atoms with Crippen LogP contribution >= 0.6 is 22.6 Å². The second-order valence-corrected chi connectivity index (χ2v) is 6.23. The number of ether oxygens (including phenoxy) is 1. The van der Waals surface area contributed by atoms with Gasteiger partial charge in [-0.15, -0.1) is 0 Å². The molecule has 0 aromatic heterocycles. The summed E-state index contributed by atoms with van der Waals surface area (Å²) in [4.78, 5) is 11.9. The van der Waals surface area contributed by atoms with Crippen molar-refractivity contribution in [2.75, 3.05) is 0 Å². The Morgan fingerprint density at radius 1 is 1.14 bits per heavy atom. The van der Waals surface area contributed by atoms with Gasteiger partial charge in [0.25, 0.3) is 0 Å². The van der Waals surface area contributed by atoms with Crippen LogP contribution in [-0.4, -0.2) is 12.2 Å². The lowest BCUT2D eigenvalue weighted by molar-refractivity contribution is 0.0947. The number of rotatable bonds is 6. The highest BCUT2D eigenvalue weighted by molar-refractivity contribution is 14.1. The highest BCUT2D eigenvalue weighted by Gasteiger charge is 2.14. The number of carbonyl (C=O) groups is 1. The lowest BCUT2D eigenvalue weighted by Gasteiger charge is -2.17. The zero-order valence-corrected chi connectivity index (χ0v) is 14.7. The van der Waals surface area contributed by atoms with Gasteiger partial charge in [0.1, 0.15) is 6.10 Å². The van der Waals surface area contributed by atoms with Crippen LogP contribution in [0.5, 0.6) is 0 Å². The van der Waals surface area contributed by atoms with Crippen molar-refractivity contribution in [3.8, 4) is 0 Å². The molecule has 0 bridgehead atoms. The Morgan fingerprint density at radius 2 is 1.82 bits per heavy atom. The summed E-state index contributed by atoms with van der Waals surface area (Å²) in [6, 6.07) is 18.0. The van der Waals surface area contributed by atoms with Crippen LogP contribution in [0.25, 0.3) is 0 Å². The molecule has 0 fully saturated rings. The maximum Gasteiger partial charge on any atom is 0.407 e. The summed E-state index contributed by atoms with van der Waals surface area (Å²) < 4.78 is 6.73. The van der Waals surface area contributed by atoms with E-state index < -0.39 is 0 Å². The molecule has 0 unspecified atom stereocenters. The van der Waals surface area contributed by atoms with E-state index in [0.717, 1.165) is 18.4 Å². The predicted molar refractivity (Wildman–Crippen MR) is 96.7 cm³/mol. The first-order valence-corrected chi connectivity index (χ1v) is 8.48. The SMILES string of the molecule is CC[C@@H](Cc1ccccc1I)OC(=O)NCc1ccccc1. The minimum atomic E-state index is -0.360. The Labute approximate surface area is 145 Å². The standard InChI is InChI=1S/C18H20INO2/c1-2-16(12-15-10-6-7-11-17(15)19)22-18(21)20-13-14-8-4-3-5-9-14/h3-11,16H,2,12-13H2,1H3,(H,20,21)/t16-/m0/s1. The molecule has 2 aromatic carbocycles. The van der Waals surface area contributed by atoms with Gasteiger partial charge in [0.2, 0.25) is 0 Å². The smallest absolute Gasteiger partial charge is 0.407 e. The quantitative estimate of drug-likeness (QED) is 0.712. The molecule has 0 heterocycles. The molecule has 0 aliphatic rings. The summed E-state index contributed by atoms with van der Waals surface area (Å²) in [7, 11) is 0. The van der Waals surface area contributed by atoms with Crippen molar-refractivity contribution in [2.24, 2.45) is 0 Å². The van der Waals surface area contributed by atoms with Crippen LogP contribution in [0.2, 0.25) is 0 Å². The monoisotopic (exact) mass is 409 g/mol. The van der Waals surface area contributed by atoms with E-state index >= 15 is 0 Å². The largest absolute Gasteiger partial charge is 0.446 e. The number of nitrogens with one attached hydrogen (secondary N) is 1. The molecule has 2 rings (SSSR count).